The van der Waals surface area contributed by atoms with Gasteiger partial charge in [0.15, 0.2) is 0 Å². The summed E-state index contributed by atoms with van der Waals surface area (Å²) in [5.74, 6) is 0.452. The molecule has 26 heavy (non-hydrogen) atoms. The zero-order valence-electron chi connectivity index (χ0n) is 15.2. The van der Waals surface area contributed by atoms with Gasteiger partial charge in [-0.2, -0.15) is 0 Å². The van der Waals surface area contributed by atoms with E-state index in [2.05, 4.69) is 5.32 Å². The summed E-state index contributed by atoms with van der Waals surface area (Å²) in [5, 5.41) is 12.4. The molecule has 1 heterocycles. The van der Waals surface area contributed by atoms with Crippen LogP contribution in [-0.2, 0) is 9.59 Å². The molecule has 7 nitrogen and oxygen atoms in total. The highest BCUT2D eigenvalue weighted by atomic mass is 16.5. The molecule has 3 atom stereocenters. The van der Waals surface area contributed by atoms with E-state index in [0.29, 0.717) is 29.5 Å². The molecule has 142 valence electrons. The number of carbonyl (C=O) groups excluding carboxylic acids is 1. The molecule has 1 aliphatic heterocycles. The standard InChI is InChI=1S/C19H26N2O5/c1-25-13-7-8-14(17(10-13)26-2)20-18(22)11-21-15-6-4-3-5-12(15)9-16(21)19(23)24/h7-8,10,12,15-16H,3-6,9,11H2,1-2H3,(H,20,22)(H,23,24). The molecule has 1 aromatic rings. The highest BCUT2D eigenvalue weighted by molar-refractivity contribution is 5.94. The topological polar surface area (TPSA) is 88.1 Å². The van der Waals surface area contributed by atoms with Gasteiger partial charge in [-0.3, -0.25) is 14.5 Å². The summed E-state index contributed by atoms with van der Waals surface area (Å²) in [5.41, 5.74) is 0.546. The van der Waals surface area contributed by atoms with Crippen LogP contribution in [0.25, 0.3) is 0 Å². The fourth-order valence-corrected chi connectivity index (χ4v) is 4.28. The first-order valence-corrected chi connectivity index (χ1v) is 9.04. The van der Waals surface area contributed by atoms with Crippen LogP contribution in [0.4, 0.5) is 5.69 Å². The maximum absolute atomic E-state index is 12.6. The lowest BCUT2D eigenvalue weighted by molar-refractivity contribution is -0.143. The first-order valence-electron chi connectivity index (χ1n) is 9.04. The number of aliphatic carboxylic acids is 1. The Bertz CT molecular complexity index is 678. The molecule has 1 amide bonds. The molecule has 3 unspecified atom stereocenters. The van der Waals surface area contributed by atoms with E-state index in [1.54, 1.807) is 25.3 Å². The molecular weight excluding hydrogens is 336 g/mol. The van der Waals surface area contributed by atoms with Crippen molar-refractivity contribution in [3.63, 3.8) is 0 Å². The number of likely N-dealkylation sites (tertiary alicyclic amines) is 1. The van der Waals surface area contributed by atoms with Gasteiger partial charge >= 0.3 is 5.97 Å². The van der Waals surface area contributed by atoms with E-state index < -0.39 is 12.0 Å². The van der Waals surface area contributed by atoms with Crippen LogP contribution in [0.3, 0.4) is 0 Å². The van der Waals surface area contributed by atoms with Crippen LogP contribution in [0.2, 0.25) is 0 Å². The molecule has 0 radical (unpaired) electrons. The Morgan fingerprint density at radius 2 is 2.00 bits per heavy atom. The second-order valence-corrected chi connectivity index (χ2v) is 6.99. The van der Waals surface area contributed by atoms with Gasteiger partial charge in [0.25, 0.3) is 0 Å². The Balaban J connectivity index is 1.71. The van der Waals surface area contributed by atoms with E-state index in [1.165, 1.54) is 7.11 Å². The fourth-order valence-electron chi connectivity index (χ4n) is 4.28. The van der Waals surface area contributed by atoms with Crippen LogP contribution in [-0.4, -0.2) is 54.7 Å². The minimum Gasteiger partial charge on any atom is -0.497 e. The maximum atomic E-state index is 12.6. The lowest BCUT2D eigenvalue weighted by Gasteiger charge is -2.32. The van der Waals surface area contributed by atoms with E-state index in [9.17, 15) is 14.7 Å². The highest BCUT2D eigenvalue weighted by Gasteiger charge is 2.45. The molecule has 2 fully saturated rings. The smallest absolute Gasteiger partial charge is 0.320 e. The number of nitrogens with zero attached hydrogens (tertiary/aromatic N) is 1. The number of anilines is 1. The van der Waals surface area contributed by atoms with Gasteiger partial charge in [-0.25, -0.2) is 0 Å². The number of hydrogen-bond donors (Lipinski definition) is 2. The van der Waals surface area contributed by atoms with Gasteiger partial charge in [0.2, 0.25) is 5.91 Å². The van der Waals surface area contributed by atoms with Gasteiger partial charge in [-0.1, -0.05) is 12.8 Å². The van der Waals surface area contributed by atoms with Gasteiger partial charge in [0.1, 0.15) is 17.5 Å². The minimum atomic E-state index is -0.839. The van der Waals surface area contributed by atoms with Crippen LogP contribution in [0.1, 0.15) is 32.1 Å². The fraction of sp³-hybridized carbons (Fsp3) is 0.579. The normalized spacial score (nSPS) is 25.4. The van der Waals surface area contributed by atoms with E-state index in [0.717, 1.165) is 25.7 Å². The van der Waals surface area contributed by atoms with Crippen LogP contribution in [0, 0.1) is 5.92 Å². The lowest BCUT2D eigenvalue weighted by atomic mass is 9.85. The van der Waals surface area contributed by atoms with Gasteiger partial charge in [0, 0.05) is 12.1 Å². The Kier molecular flexibility index (Phi) is 5.66. The van der Waals surface area contributed by atoms with Crippen molar-refractivity contribution in [1.82, 2.24) is 4.90 Å². The molecule has 1 saturated heterocycles. The second kappa shape index (κ2) is 7.95. The van der Waals surface area contributed by atoms with Crippen LogP contribution in [0.15, 0.2) is 18.2 Å². The van der Waals surface area contributed by atoms with Crippen molar-refractivity contribution < 1.29 is 24.2 Å². The summed E-state index contributed by atoms with van der Waals surface area (Å²) in [6.07, 6.45) is 4.90. The zero-order valence-corrected chi connectivity index (χ0v) is 15.2. The van der Waals surface area contributed by atoms with Crippen molar-refractivity contribution in [2.24, 2.45) is 5.92 Å². The van der Waals surface area contributed by atoms with Gasteiger partial charge in [-0.05, 0) is 37.3 Å². The predicted molar refractivity (Wildman–Crippen MR) is 96.7 cm³/mol. The van der Waals surface area contributed by atoms with Crippen LogP contribution < -0.4 is 14.8 Å². The van der Waals surface area contributed by atoms with Crippen molar-refractivity contribution in [1.29, 1.82) is 0 Å². The summed E-state index contributed by atoms with van der Waals surface area (Å²) in [7, 11) is 3.09. The Morgan fingerprint density at radius 1 is 1.23 bits per heavy atom. The third-order valence-electron chi connectivity index (χ3n) is 5.52. The number of carboxylic acids is 1. The van der Waals surface area contributed by atoms with E-state index in [-0.39, 0.29) is 18.5 Å². The molecule has 0 aromatic heterocycles. The number of nitrogens with one attached hydrogen (secondary N) is 1. The van der Waals surface area contributed by atoms with Gasteiger partial charge in [-0.15, -0.1) is 0 Å². The number of ether oxygens (including phenoxy) is 2. The summed E-state index contributed by atoms with van der Waals surface area (Å²) >= 11 is 0. The Morgan fingerprint density at radius 3 is 2.69 bits per heavy atom. The average Bonchev–Trinajstić information content (AvgIpc) is 3.01. The molecule has 1 aliphatic carbocycles. The molecule has 1 saturated carbocycles. The summed E-state index contributed by atoms with van der Waals surface area (Å²) < 4.78 is 10.5. The maximum Gasteiger partial charge on any atom is 0.320 e. The molecular formula is C19H26N2O5. The van der Waals surface area contributed by atoms with Crippen molar-refractivity contribution in [2.75, 3.05) is 26.1 Å². The van der Waals surface area contributed by atoms with Crippen molar-refractivity contribution in [3.8, 4) is 11.5 Å². The first kappa shape index (κ1) is 18.5. The zero-order chi connectivity index (χ0) is 18.7. The molecule has 1 aromatic carbocycles. The number of fused-ring (bicyclic) bond motifs is 1. The van der Waals surface area contributed by atoms with Gasteiger partial charge in [0.05, 0.1) is 26.5 Å². The quantitative estimate of drug-likeness (QED) is 0.808. The number of methoxy groups -OCH3 is 2. The Labute approximate surface area is 153 Å². The highest BCUT2D eigenvalue weighted by Crippen LogP contribution is 2.39. The van der Waals surface area contributed by atoms with Gasteiger partial charge < -0.3 is 19.9 Å². The van der Waals surface area contributed by atoms with Crippen LogP contribution in [0.5, 0.6) is 11.5 Å². The molecule has 0 bridgehead atoms. The number of amides is 1. The lowest BCUT2D eigenvalue weighted by Crippen LogP contribution is -2.46. The Hall–Kier alpha value is -2.28. The minimum absolute atomic E-state index is 0.0767. The summed E-state index contributed by atoms with van der Waals surface area (Å²) in [4.78, 5) is 26.1. The van der Waals surface area contributed by atoms with Crippen molar-refractivity contribution in [2.45, 2.75) is 44.2 Å². The van der Waals surface area contributed by atoms with E-state index in [4.69, 9.17) is 9.47 Å². The third-order valence-corrected chi connectivity index (χ3v) is 5.52. The third kappa shape index (κ3) is 3.77. The second-order valence-electron chi connectivity index (χ2n) is 6.99. The summed E-state index contributed by atoms with van der Waals surface area (Å²) in [6, 6.07) is 4.77. The molecule has 7 heteroatoms. The number of carbonyl (C=O) groups is 2. The van der Waals surface area contributed by atoms with E-state index >= 15 is 0 Å². The number of carboxylic acid groups (broad SMARTS) is 1. The molecule has 2 N–H and O–H groups in total. The SMILES string of the molecule is COc1ccc(NC(=O)CN2C(C(=O)O)CC3CCCCC32)c(OC)c1. The summed E-state index contributed by atoms with van der Waals surface area (Å²) in [6.45, 7) is 0.0767. The van der Waals surface area contributed by atoms with Crippen LogP contribution >= 0.6 is 0 Å². The first-order chi connectivity index (χ1) is 12.5. The van der Waals surface area contributed by atoms with E-state index in [1.807, 2.05) is 4.90 Å². The number of benzene rings is 1. The number of rotatable bonds is 6. The number of hydrogen-bond acceptors (Lipinski definition) is 5. The molecule has 2 aliphatic rings. The largest absolute Gasteiger partial charge is 0.497 e. The van der Waals surface area contributed by atoms with Crippen molar-refractivity contribution in [3.05, 3.63) is 18.2 Å². The molecule has 0 spiro atoms. The average molecular weight is 362 g/mol. The molecule has 3 rings (SSSR count). The van der Waals surface area contributed by atoms with Crippen molar-refractivity contribution >= 4 is 17.6 Å². The monoisotopic (exact) mass is 362 g/mol. The predicted octanol–water partition coefficient (Wildman–Crippen LogP) is 2.36.